The second-order valence-electron chi connectivity index (χ2n) is 9.79. The molecule has 35 heavy (non-hydrogen) atoms. The standard InChI is InChI=1S/C26H29N5O4/c27-15-17-3-1-2-4-20(17)31-21-11-14-28-24(32)22(21)23(30-31)29-19-7-5-18(6-8-19)26(35)12-9-16(10-13-26)25(33)34/h5-8,11,14,16-17,20,35H,1-4,9-10,12-13H2,(H,28,32)(H,29,30)(H,33,34)/t16-,17-,20+,26+/m1/s1. The number of fused-ring (bicyclic) bond motifs is 1. The highest BCUT2D eigenvalue weighted by Gasteiger charge is 2.37. The van der Waals surface area contributed by atoms with Gasteiger partial charge >= 0.3 is 5.97 Å². The molecule has 2 atom stereocenters. The van der Waals surface area contributed by atoms with Crippen LogP contribution in [0.2, 0.25) is 0 Å². The summed E-state index contributed by atoms with van der Waals surface area (Å²) in [6.45, 7) is 0. The Bertz CT molecular complexity index is 1330. The van der Waals surface area contributed by atoms with Gasteiger partial charge in [0.25, 0.3) is 5.56 Å². The number of carbonyl (C=O) groups is 1. The van der Waals surface area contributed by atoms with Gasteiger partial charge in [-0.25, -0.2) is 0 Å². The van der Waals surface area contributed by atoms with Gasteiger partial charge < -0.3 is 20.5 Å². The van der Waals surface area contributed by atoms with Crippen LogP contribution in [0.15, 0.2) is 41.3 Å². The average molecular weight is 476 g/mol. The number of H-pyrrole nitrogens is 1. The van der Waals surface area contributed by atoms with Gasteiger partial charge in [0.2, 0.25) is 0 Å². The summed E-state index contributed by atoms with van der Waals surface area (Å²) in [6.07, 6.45) is 7.02. The van der Waals surface area contributed by atoms with Gasteiger partial charge in [-0.2, -0.15) is 10.4 Å². The maximum Gasteiger partial charge on any atom is 0.306 e. The van der Waals surface area contributed by atoms with E-state index >= 15 is 0 Å². The number of anilines is 2. The molecule has 2 aliphatic carbocycles. The van der Waals surface area contributed by atoms with Gasteiger partial charge in [-0.15, -0.1) is 0 Å². The number of nitrogens with zero attached hydrogens (tertiary/aromatic N) is 3. The molecule has 0 aliphatic heterocycles. The van der Waals surface area contributed by atoms with Crippen molar-refractivity contribution in [3.63, 3.8) is 0 Å². The van der Waals surface area contributed by atoms with Gasteiger partial charge in [-0.1, -0.05) is 25.0 Å². The Morgan fingerprint density at radius 2 is 1.86 bits per heavy atom. The number of carboxylic acid groups (broad SMARTS) is 1. The third-order valence-electron chi connectivity index (χ3n) is 7.69. The number of benzene rings is 1. The Hall–Kier alpha value is -3.64. The van der Waals surface area contributed by atoms with Crippen LogP contribution in [0.25, 0.3) is 10.9 Å². The zero-order valence-electron chi connectivity index (χ0n) is 19.4. The van der Waals surface area contributed by atoms with E-state index in [-0.39, 0.29) is 17.5 Å². The van der Waals surface area contributed by atoms with Crippen LogP contribution < -0.4 is 10.9 Å². The number of hydrogen-bond donors (Lipinski definition) is 4. The Kier molecular flexibility index (Phi) is 6.07. The largest absolute Gasteiger partial charge is 0.481 e. The van der Waals surface area contributed by atoms with Gasteiger partial charge in [-0.05, 0) is 62.3 Å². The van der Waals surface area contributed by atoms with E-state index in [1.165, 1.54) is 0 Å². The number of hydrogen-bond acceptors (Lipinski definition) is 6. The molecule has 0 amide bonds. The maximum atomic E-state index is 12.7. The zero-order valence-corrected chi connectivity index (χ0v) is 19.4. The SMILES string of the molecule is N#C[C@H]1CCCC[C@@H]1n1nc(Nc2ccc([C@]3(O)CC[C@@H](C(=O)O)CC3)cc2)c2c(=O)[nH]ccc21. The third-order valence-corrected chi connectivity index (χ3v) is 7.69. The van der Waals surface area contributed by atoms with Crippen LogP contribution in [0.4, 0.5) is 11.5 Å². The number of aliphatic hydroxyl groups is 1. The molecule has 0 unspecified atom stereocenters. The maximum absolute atomic E-state index is 12.7. The molecule has 1 aromatic carbocycles. The van der Waals surface area contributed by atoms with Crippen molar-refractivity contribution in [2.24, 2.45) is 11.8 Å². The molecule has 2 aliphatic rings. The predicted octanol–water partition coefficient (Wildman–Crippen LogP) is 4.19. The van der Waals surface area contributed by atoms with Crippen LogP contribution >= 0.6 is 0 Å². The second-order valence-corrected chi connectivity index (χ2v) is 9.79. The number of pyridine rings is 1. The first-order valence-corrected chi connectivity index (χ1v) is 12.2. The highest BCUT2D eigenvalue weighted by Crippen LogP contribution is 2.40. The summed E-state index contributed by atoms with van der Waals surface area (Å²) in [5.74, 6) is -0.919. The van der Waals surface area contributed by atoms with E-state index in [4.69, 9.17) is 5.10 Å². The van der Waals surface area contributed by atoms with Gasteiger partial charge in [-0.3, -0.25) is 14.3 Å². The van der Waals surface area contributed by atoms with Crippen LogP contribution in [-0.2, 0) is 10.4 Å². The summed E-state index contributed by atoms with van der Waals surface area (Å²) in [4.78, 5) is 26.7. The molecule has 4 N–H and O–H groups in total. The second kappa shape index (κ2) is 9.19. The fraction of sp³-hybridized carbons (Fsp3) is 0.462. The third kappa shape index (κ3) is 4.30. The van der Waals surface area contributed by atoms with E-state index in [1.54, 1.807) is 6.20 Å². The fourth-order valence-corrected chi connectivity index (χ4v) is 5.63. The number of nitrogens with one attached hydrogen (secondary N) is 2. The highest BCUT2D eigenvalue weighted by atomic mass is 16.4. The Morgan fingerprint density at radius 3 is 2.54 bits per heavy atom. The lowest BCUT2D eigenvalue weighted by Crippen LogP contribution is -2.33. The quantitative estimate of drug-likeness (QED) is 0.433. The van der Waals surface area contributed by atoms with Crippen molar-refractivity contribution in [2.75, 3.05) is 5.32 Å². The molecule has 182 valence electrons. The minimum Gasteiger partial charge on any atom is -0.481 e. The number of rotatable bonds is 5. The molecule has 2 heterocycles. The lowest BCUT2D eigenvalue weighted by atomic mass is 9.75. The summed E-state index contributed by atoms with van der Waals surface area (Å²) in [7, 11) is 0. The summed E-state index contributed by atoms with van der Waals surface area (Å²) in [5.41, 5.74) is 0.876. The van der Waals surface area contributed by atoms with Crippen molar-refractivity contribution in [3.8, 4) is 6.07 Å². The van der Waals surface area contributed by atoms with E-state index in [0.717, 1.165) is 31.2 Å². The van der Waals surface area contributed by atoms with Crippen molar-refractivity contribution in [2.45, 2.75) is 63.0 Å². The van der Waals surface area contributed by atoms with E-state index in [0.29, 0.717) is 48.1 Å². The molecule has 9 nitrogen and oxygen atoms in total. The molecule has 0 spiro atoms. The first kappa shape index (κ1) is 23.1. The minimum absolute atomic E-state index is 0.0776. The summed E-state index contributed by atoms with van der Waals surface area (Å²) in [5, 5.41) is 38.4. The van der Waals surface area contributed by atoms with Gasteiger partial charge in [0, 0.05) is 11.9 Å². The molecule has 0 radical (unpaired) electrons. The van der Waals surface area contributed by atoms with Crippen LogP contribution in [0.5, 0.6) is 0 Å². The number of aliphatic carboxylic acids is 1. The van der Waals surface area contributed by atoms with Gasteiger partial charge in [0.05, 0.1) is 35.1 Å². The lowest BCUT2D eigenvalue weighted by Gasteiger charge is -2.35. The molecule has 0 saturated heterocycles. The number of aromatic nitrogens is 3. The normalized spacial score (nSPS) is 26.8. The van der Waals surface area contributed by atoms with Crippen molar-refractivity contribution < 1.29 is 15.0 Å². The molecular formula is C26H29N5O4. The highest BCUT2D eigenvalue weighted by molar-refractivity contribution is 5.91. The van der Waals surface area contributed by atoms with E-state index in [2.05, 4.69) is 16.4 Å². The first-order valence-electron chi connectivity index (χ1n) is 12.2. The lowest BCUT2D eigenvalue weighted by molar-refractivity contribution is -0.145. The summed E-state index contributed by atoms with van der Waals surface area (Å²) in [6, 6.07) is 11.5. The molecule has 2 saturated carbocycles. The Balaban J connectivity index is 1.42. The summed E-state index contributed by atoms with van der Waals surface area (Å²) < 4.78 is 1.83. The molecule has 5 rings (SSSR count). The molecule has 2 aromatic heterocycles. The van der Waals surface area contributed by atoms with E-state index < -0.39 is 17.5 Å². The van der Waals surface area contributed by atoms with Crippen LogP contribution in [0.3, 0.4) is 0 Å². The van der Waals surface area contributed by atoms with Crippen LogP contribution in [0.1, 0.15) is 63.0 Å². The van der Waals surface area contributed by atoms with E-state index in [1.807, 2.05) is 35.0 Å². The molecule has 0 bridgehead atoms. The smallest absolute Gasteiger partial charge is 0.306 e. The molecular weight excluding hydrogens is 446 g/mol. The van der Waals surface area contributed by atoms with Crippen molar-refractivity contribution in [1.29, 1.82) is 5.26 Å². The first-order chi connectivity index (χ1) is 16.9. The number of nitriles is 1. The number of carboxylic acids is 1. The Morgan fingerprint density at radius 1 is 1.14 bits per heavy atom. The van der Waals surface area contributed by atoms with Crippen molar-refractivity contribution in [1.82, 2.24) is 14.8 Å². The molecule has 9 heteroatoms. The Labute approximate surface area is 202 Å². The topological polar surface area (TPSA) is 144 Å². The zero-order chi connectivity index (χ0) is 24.6. The van der Waals surface area contributed by atoms with Gasteiger partial charge in [0.15, 0.2) is 5.82 Å². The van der Waals surface area contributed by atoms with Crippen molar-refractivity contribution in [3.05, 3.63) is 52.4 Å². The van der Waals surface area contributed by atoms with Crippen molar-refractivity contribution >= 4 is 28.4 Å². The number of aromatic amines is 1. The minimum atomic E-state index is -1.04. The van der Waals surface area contributed by atoms with Crippen LogP contribution in [0, 0.1) is 23.2 Å². The van der Waals surface area contributed by atoms with E-state index in [9.17, 15) is 25.1 Å². The average Bonchev–Trinajstić information content (AvgIpc) is 3.24. The van der Waals surface area contributed by atoms with Gasteiger partial charge in [0.1, 0.15) is 5.39 Å². The monoisotopic (exact) mass is 475 g/mol. The molecule has 2 fully saturated rings. The van der Waals surface area contributed by atoms with Crippen LogP contribution in [-0.4, -0.2) is 30.9 Å². The predicted molar refractivity (Wildman–Crippen MR) is 130 cm³/mol. The summed E-state index contributed by atoms with van der Waals surface area (Å²) >= 11 is 0. The molecule has 3 aromatic rings. The fourth-order valence-electron chi connectivity index (χ4n) is 5.63.